The standard InChI is InChI=1S/C16H18F3N5/c1-2-13-9-15(22-11-21-13)24-7-5-23(6-8-24)14-4-3-12(10-20-14)16(17,18)19/h3-4,9-11H,2,5-8H2,1H3. The molecule has 0 bridgehead atoms. The lowest BCUT2D eigenvalue weighted by Gasteiger charge is -2.36. The number of pyridine rings is 1. The van der Waals surface area contributed by atoms with Crippen molar-refractivity contribution in [3.63, 3.8) is 0 Å². The van der Waals surface area contributed by atoms with Crippen molar-refractivity contribution in [3.05, 3.63) is 42.0 Å². The SMILES string of the molecule is CCc1cc(N2CCN(c3ccc(C(F)(F)F)cn3)CC2)ncn1. The summed E-state index contributed by atoms with van der Waals surface area (Å²) in [5.74, 6) is 1.46. The normalized spacial score (nSPS) is 15.7. The second-order valence-corrected chi connectivity index (χ2v) is 5.60. The van der Waals surface area contributed by atoms with E-state index in [0.29, 0.717) is 18.9 Å². The summed E-state index contributed by atoms with van der Waals surface area (Å²) >= 11 is 0. The van der Waals surface area contributed by atoms with E-state index < -0.39 is 11.7 Å². The summed E-state index contributed by atoms with van der Waals surface area (Å²) in [5.41, 5.74) is 0.268. The number of hydrogen-bond donors (Lipinski definition) is 0. The van der Waals surface area contributed by atoms with Crippen LogP contribution in [0.1, 0.15) is 18.2 Å². The molecule has 1 aliphatic heterocycles. The number of piperazine rings is 1. The molecule has 1 fully saturated rings. The first-order valence-corrected chi connectivity index (χ1v) is 7.81. The van der Waals surface area contributed by atoms with Gasteiger partial charge in [-0.1, -0.05) is 6.92 Å². The highest BCUT2D eigenvalue weighted by Crippen LogP contribution is 2.29. The van der Waals surface area contributed by atoms with Crippen LogP contribution >= 0.6 is 0 Å². The van der Waals surface area contributed by atoms with Gasteiger partial charge in [0.15, 0.2) is 0 Å². The van der Waals surface area contributed by atoms with Gasteiger partial charge in [-0.05, 0) is 18.6 Å². The van der Waals surface area contributed by atoms with Gasteiger partial charge in [0.1, 0.15) is 18.0 Å². The summed E-state index contributed by atoms with van der Waals surface area (Å²) in [7, 11) is 0. The molecular formula is C16H18F3N5. The van der Waals surface area contributed by atoms with Crippen molar-refractivity contribution in [2.24, 2.45) is 0 Å². The third-order valence-corrected chi connectivity index (χ3v) is 4.07. The van der Waals surface area contributed by atoms with Gasteiger partial charge in [0, 0.05) is 44.1 Å². The fourth-order valence-corrected chi connectivity index (χ4v) is 2.66. The van der Waals surface area contributed by atoms with E-state index in [1.54, 1.807) is 6.33 Å². The number of aryl methyl sites for hydroxylation is 1. The summed E-state index contributed by atoms with van der Waals surface area (Å²) in [6.07, 6.45) is -1.04. The maximum atomic E-state index is 12.6. The molecule has 5 nitrogen and oxygen atoms in total. The highest BCUT2D eigenvalue weighted by atomic mass is 19.4. The number of anilines is 2. The number of alkyl halides is 3. The minimum atomic E-state index is -4.35. The molecule has 0 amide bonds. The largest absolute Gasteiger partial charge is 0.417 e. The van der Waals surface area contributed by atoms with E-state index >= 15 is 0 Å². The molecule has 0 unspecified atom stereocenters. The van der Waals surface area contributed by atoms with Crippen LogP contribution in [-0.2, 0) is 12.6 Å². The molecule has 0 atom stereocenters. The lowest BCUT2D eigenvalue weighted by Crippen LogP contribution is -2.47. The predicted molar refractivity (Wildman–Crippen MR) is 85.1 cm³/mol. The minimum Gasteiger partial charge on any atom is -0.353 e. The molecule has 24 heavy (non-hydrogen) atoms. The molecule has 2 aromatic rings. The molecule has 0 aromatic carbocycles. The topological polar surface area (TPSA) is 45.2 Å². The molecule has 2 aromatic heterocycles. The summed E-state index contributed by atoms with van der Waals surface area (Å²) in [4.78, 5) is 16.6. The van der Waals surface area contributed by atoms with Crippen LogP contribution in [0.4, 0.5) is 24.8 Å². The van der Waals surface area contributed by atoms with E-state index in [-0.39, 0.29) is 0 Å². The van der Waals surface area contributed by atoms with Crippen molar-refractivity contribution in [3.8, 4) is 0 Å². The first-order chi connectivity index (χ1) is 11.5. The molecule has 128 valence electrons. The van der Waals surface area contributed by atoms with Crippen LogP contribution in [0.5, 0.6) is 0 Å². The Bertz CT molecular complexity index is 679. The van der Waals surface area contributed by atoms with Gasteiger partial charge in [0.2, 0.25) is 0 Å². The maximum absolute atomic E-state index is 12.6. The van der Waals surface area contributed by atoms with Crippen molar-refractivity contribution < 1.29 is 13.2 Å². The van der Waals surface area contributed by atoms with Crippen LogP contribution in [-0.4, -0.2) is 41.1 Å². The lowest BCUT2D eigenvalue weighted by molar-refractivity contribution is -0.137. The molecule has 1 saturated heterocycles. The second kappa shape index (κ2) is 6.62. The predicted octanol–water partition coefficient (Wildman–Crippen LogP) is 2.78. The third-order valence-electron chi connectivity index (χ3n) is 4.07. The number of nitrogens with zero attached hydrogens (tertiary/aromatic N) is 5. The van der Waals surface area contributed by atoms with Crippen LogP contribution < -0.4 is 9.80 Å². The monoisotopic (exact) mass is 337 g/mol. The Balaban J connectivity index is 1.64. The number of halogens is 3. The van der Waals surface area contributed by atoms with Crippen LogP contribution in [0, 0.1) is 0 Å². The molecule has 3 heterocycles. The molecule has 1 aliphatic rings. The van der Waals surface area contributed by atoms with E-state index in [4.69, 9.17) is 0 Å². The lowest BCUT2D eigenvalue weighted by atomic mass is 10.2. The van der Waals surface area contributed by atoms with Crippen molar-refractivity contribution in [1.82, 2.24) is 15.0 Å². The summed E-state index contributed by atoms with van der Waals surface area (Å²) in [6, 6.07) is 4.48. The van der Waals surface area contributed by atoms with Crippen LogP contribution in [0.3, 0.4) is 0 Å². The first-order valence-electron chi connectivity index (χ1n) is 7.81. The number of aromatic nitrogens is 3. The Hall–Kier alpha value is -2.38. The fourth-order valence-electron chi connectivity index (χ4n) is 2.66. The molecule has 0 aliphatic carbocycles. The zero-order chi connectivity index (χ0) is 17.2. The maximum Gasteiger partial charge on any atom is 0.417 e. The summed E-state index contributed by atoms with van der Waals surface area (Å²) in [5, 5.41) is 0. The smallest absolute Gasteiger partial charge is 0.353 e. The van der Waals surface area contributed by atoms with Gasteiger partial charge in [0.25, 0.3) is 0 Å². The average molecular weight is 337 g/mol. The molecule has 8 heteroatoms. The second-order valence-electron chi connectivity index (χ2n) is 5.60. The molecule has 0 radical (unpaired) electrons. The van der Waals surface area contributed by atoms with Gasteiger partial charge in [-0.3, -0.25) is 0 Å². The molecule has 0 spiro atoms. The Morgan fingerprint density at radius 2 is 1.62 bits per heavy atom. The van der Waals surface area contributed by atoms with Crippen molar-refractivity contribution in [2.75, 3.05) is 36.0 Å². The highest BCUT2D eigenvalue weighted by Gasteiger charge is 2.31. The fraction of sp³-hybridized carbons (Fsp3) is 0.438. The van der Waals surface area contributed by atoms with E-state index in [2.05, 4.69) is 19.9 Å². The highest BCUT2D eigenvalue weighted by molar-refractivity contribution is 5.45. The Morgan fingerprint density at radius 1 is 0.958 bits per heavy atom. The van der Waals surface area contributed by atoms with Crippen molar-refractivity contribution in [1.29, 1.82) is 0 Å². The van der Waals surface area contributed by atoms with Gasteiger partial charge in [-0.15, -0.1) is 0 Å². The molecular weight excluding hydrogens is 319 g/mol. The quantitative estimate of drug-likeness (QED) is 0.862. The third kappa shape index (κ3) is 3.58. The van der Waals surface area contributed by atoms with E-state index in [1.165, 1.54) is 6.07 Å². The molecule has 0 N–H and O–H groups in total. The first kappa shape index (κ1) is 16.5. The van der Waals surface area contributed by atoms with Crippen LogP contribution in [0.15, 0.2) is 30.7 Å². The summed E-state index contributed by atoms with van der Waals surface area (Å²) in [6.45, 7) is 4.89. The van der Waals surface area contributed by atoms with E-state index in [1.807, 2.05) is 17.9 Å². The number of rotatable bonds is 3. The Kier molecular flexibility index (Phi) is 4.55. The minimum absolute atomic E-state index is 0.569. The van der Waals surface area contributed by atoms with Crippen molar-refractivity contribution in [2.45, 2.75) is 19.5 Å². The van der Waals surface area contributed by atoms with Gasteiger partial charge in [-0.2, -0.15) is 13.2 Å². The average Bonchev–Trinajstić information content (AvgIpc) is 2.61. The zero-order valence-corrected chi connectivity index (χ0v) is 13.3. The van der Waals surface area contributed by atoms with Crippen LogP contribution in [0.2, 0.25) is 0 Å². The molecule has 0 saturated carbocycles. The Morgan fingerprint density at radius 3 is 2.17 bits per heavy atom. The van der Waals surface area contributed by atoms with Gasteiger partial charge < -0.3 is 9.80 Å². The van der Waals surface area contributed by atoms with E-state index in [9.17, 15) is 13.2 Å². The van der Waals surface area contributed by atoms with Crippen LogP contribution in [0.25, 0.3) is 0 Å². The Labute approximate surface area is 138 Å². The van der Waals surface area contributed by atoms with Gasteiger partial charge >= 0.3 is 6.18 Å². The zero-order valence-electron chi connectivity index (χ0n) is 13.3. The number of hydrogen-bond acceptors (Lipinski definition) is 5. The summed E-state index contributed by atoms with van der Waals surface area (Å²) < 4.78 is 37.8. The van der Waals surface area contributed by atoms with E-state index in [0.717, 1.165) is 43.3 Å². The van der Waals surface area contributed by atoms with Gasteiger partial charge in [-0.25, -0.2) is 15.0 Å². The van der Waals surface area contributed by atoms with Crippen molar-refractivity contribution >= 4 is 11.6 Å². The molecule has 3 rings (SSSR count). The van der Waals surface area contributed by atoms with Gasteiger partial charge in [0.05, 0.1) is 5.56 Å².